The fourth-order valence-corrected chi connectivity index (χ4v) is 1.75. The normalized spacial score (nSPS) is 11.0. The highest BCUT2D eigenvalue weighted by Crippen LogP contribution is 2.07. The lowest BCUT2D eigenvalue weighted by Crippen LogP contribution is -2.55. The molecule has 0 heterocycles. The number of amides is 2. The first kappa shape index (κ1) is 17.1. The molecule has 0 aliphatic carbocycles. The minimum absolute atomic E-state index is 0.214. The van der Waals surface area contributed by atoms with Crippen LogP contribution in [0.1, 0.15) is 29.3 Å². The van der Waals surface area contributed by atoms with E-state index in [0.29, 0.717) is 12.0 Å². The van der Waals surface area contributed by atoms with Crippen LogP contribution in [0.25, 0.3) is 0 Å². The summed E-state index contributed by atoms with van der Waals surface area (Å²) < 4.78 is 0. The van der Waals surface area contributed by atoms with Gasteiger partial charge in [0, 0.05) is 5.56 Å². The second-order valence-corrected chi connectivity index (χ2v) is 5.05. The zero-order chi connectivity index (χ0) is 15.9. The molecule has 0 atom stereocenters. The van der Waals surface area contributed by atoms with E-state index in [2.05, 4.69) is 10.6 Å². The van der Waals surface area contributed by atoms with Crippen LogP contribution >= 0.6 is 0 Å². The Morgan fingerprint density at radius 3 is 2.19 bits per heavy atom. The summed E-state index contributed by atoms with van der Waals surface area (Å²) in [5.41, 5.74) is 0.466. The van der Waals surface area contributed by atoms with E-state index >= 15 is 0 Å². The first-order valence-corrected chi connectivity index (χ1v) is 6.84. The third kappa shape index (κ3) is 4.84. The van der Waals surface area contributed by atoms with E-state index in [0.717, 1.165) is 5.56 Å². The number of benzene rings is 1. The molecule has 0 saturated heterocycles. The molecule has 0 aliphatic rings. The summed E-state index contributed by atoms with van der Waals surface area (Å²) in [6.07, 6.45) is 0.387. The van der Waals surface area contributed by atoms with Crippen molar-refractivity contribution in [2.45, 2.75) is 25.8 Å². The van der Waals surface area contributed by atoms with Gasteiger partial charge in [0.1, 0.15) is 0 Å². The second kappa shape index (κ2) is 7.75. The molecule has 0 fully saturated rings. The summed E-state index contributed by atoms with van der Waals surface area (Å²) in [6, 6.07) is 6.99. The largest absolute Gasteiger partial charge is 0.394 e. The molecule has 0 aliphatic heterocycles. The van der Waals surface area contributed by atoms with Gasteiger partial charge >= 0.3 is 0 Å². The van der Waals surface area contributed by atoms with Gasteiger partial charge in [-0.2, -0.15) is 0 Å². The topological polar surface area (TPSA) is 98.7 Å². The van der Waals surface area contributed by atoms with Gasteiger partial charge in [-0.1, -0.05) is 24.6 Å². The molecule has 2 amide bonds. The molecule has 0 aromatic heterocycles. The van der Waals surface area contributed by atoms with Crippen molar-refractivity contribution in [2.75, 3.05) is 19.8 Å². The van der Waals surface area contributed by atoms with Crippen LogP contribution in [-0.4, -0.2) is 47.3 Å². The van der Waals surface area contributed by atoms with Gasteiger partial charge in [-0.05, 0) is 25.5 Å². The molecule has 21 heavy (non-hydrogen) atoms. The molecular formula is C15H22N2O4. The minimum atomic E-state index is -1.05. The first-order chi connectivity index (χ1) is 9.96. The Labute approximate surface area is 124 Å². The maximum atomic E-state index is 11.8. The molecule has 0 bridgehead atoms. The van der Waals surface area contributed by atoms with Gasteiger partial charge in [-0.15, -0.1) is 0 Å². The third-order valence-corrected chi connectivity index (χ3v) is 3.41. The van der Waals surface area contributed by atoms with Crippen molar-refractivity contribution in [1.82, 2.24) is 10.6 Å². The molecule has 1 aromatic carbocycles. The van der Waals surface area contributed by atoms with E-state index < -0.39 is 11.4 Å². The molecule has 0 radical (unpaired) electrons. The fourth-order valence-electron chi connectivity index (χ4n) is 1.75. The number of hydrogen-bond donors (Lipinski definition) is 4. The van der Waals surface area contributed by atoms with E-state index in [9.17, 15) is 19.8 Å². The zero-order valence-corrected chi connectivity index (χ0v) is 12.3. The van der Waals surface area contributed by atoms with Crippen LogP contribution in [0.5, 0.6) is 0 Å². The summed E-state index contributed by atoms with van der Waals surface area (Å²) in [5, 5.41) is 23.5. The van der Waals surface area contributed by atoms with Crippen molar-refractivity contribution >= 4 is 11.8 Å². The van der Waals surface area contributed by atoms with E-state index in [4.69, 9.17) is 0 Å². The van der Waals surface area contributed by atoms with E-state index in [1.807, 2.05) is 19.1 Å². The van der Waals surface area contributed by atoms with Crippen molar-refractivity contribution in [3.8, 4) is 0 Å². The molecule has 1 aromatic rings. The van der Waals surface area contributed by atoms with Crippen LogP contribution < -0.4 is 10.6 Å². The maximum absolute atomic E-state index is 11.8. The summed E-state index contributed by atoms with van der Waals surface area (Å²) in [5.74, 6) is -0.805. The number of aryl methyl sites for hydroxylation is 1. The van der Waals surface area contributed by atoms with E-state index in [1.54, 1.807) is 19.1 Å². The number of carbonyl (C=O) groups is 2. The molecule has 1 rings (SSSR count). The highest BCUT2D eigenvalue weighted by atomic mass is 16.3. The van der Waals surface area contributed by atoms with Crippen LogP contribution in [-0.2, 0) is 4.79 Å². The van der Waals surface area contributed by atoms with Gasteiger partial charge in [0.2, 0.25) is 5.91 Å². The van der Waals surface area contributed by atoms with Gasteiger partial charge in [0.15, 0.2) is 0 Å². The standard InChI is InChI=1S/C15H22N2O4/c1-3-15(9-18,10-19)17-13(20)8-16-14(21)12-6-4-11(2)5-7-12/h4-7,18-19H,3,8-10H2,1-2H3,(H,16,21)(H,17,20). The van der Waals surface area contributed by atoms with Crippen molar-refractivity contribution in [2.24, 2.45) is 0 Å². The van der Waals surface area contributed by atoms with Gasteiger partial charge in [-0.3, -0.25) is 9.59 Å². The summed E-state index contributed by atoms with van der Waals surface area (Å²) in [6.45, 7) is 2.73. The average Bonchev–Trinajstić information content (AvgIpc) is 2.51. The number of carbonyl (C=O) groups excluding carboxylic acids is 2. The highest BCUT2D eigenvalue weighted by molar-refractivity contribution is 5.96. The molecule has 0 saturated carbocycles. The molecule has 4 N–H and O–H groups in total. The van der Waals surface area contributed by atoms with E-state index in [-0.39, 0.29) is 25.7 Å². The SMILES string of the molecule is CCC(CO)(CO)NC(=O)CNC(=O)c1ccc(C)cc1. The average molecular weight is 294 g/mol. The Morgan fingerprint density at radius 2 is 1.71 bits per heavy atom. The second-order valence-electron chi connectivity index (χ2n) is 5.05. The van der Waals surface area contributed by atoms with Crippen LogP contribution in [0, 0.1) is 6.92 Å². The molecular weight excluding hydrogens is 272 g/mol. The Bertz CT molecular complexity index is 473. The Hall–Kier alpha value is -1.92. The first-order valence-electron chi connectivity index (χ1n) is 6.84. The molecule has 6 heteroatoms. The van der Waals surface area contributed by atoms with Crippen molar-refractivity contribution in [3.63, 3.8) is 0 Å². The lowest BCUT2D eigenvalue weighted by molar-refractivity contribution is -0.123. The molecule has 116 valence electrons. The monoisotopic (exact) mass is 294 g/mol. The summed E-state index contributed by atoms with van der Waals surface area (Å²) in [4.78, 5) is 23.6. The third-order valence-electron chi connectivity index (χ3n) is 3.41. The van der Waals surface area contributed by atoms with E-state index in [1.165, 1.54) is 0 Å². The molecule has 6 nitrogen and oxygen atoms in total. The van der Waals surface area contributed by atoms with Gasteiger partial charge in [0.25, 0.3) is 5.91 Å². The Morgan fingerprint density at radius 1 is 1.14 bits per heavy atom. The number of aliphatic hydroxyl groups excluding tert-OH is 2. The van der Waals surface area contributed by atoms with Crippen LogP contribution in [0.15, 0.2) is 24.3 Å². The zero-order valence-electron chi connectivity index (χ0n) is 12.3. The van der Waals surface area contributed by atoms with Crippen LogP contribution in [0.4, 0.5) is 0 Å². The fraction of sp³-hybridized carbons (Fsp3) is 0.467. The lowest BCUT2D eigenvalue weighted by atomic mass is 9.98. The van der Waals surface area contributed by atoms with Crippen molar-refractivity contribution < 1.29 is 19.8 Å². The van der Waals surface area contributed by atoms with Gasteiger partial charge in [-0.25, -0.2) is 0 Å². The minimum Gasteiger partial charge on any atom is -0.394 e. The quantitative estimate of drug-likeness (QED) is 0.568. The van der Waals surface area contributed by atoms with Crippen molar-refractivity contribution in [3.05, 3.63) is 35.4 Å². The summed E-state index contributed by atoms with van der Waals surface area (Å²) in [7, 11) is 0. The number of aliphatic hydroxyl groups is 2. The summed E-state index contributed by atoms with van der Waals surface area (Å²) >= 11 is 0. The Balaban J connectivity index is 2.53. The van der Waals surface area contributed by atoms with Crippen LogP contribution in [0.3, 0.4) is 0 Å². The number of hydrogen-bond acceptors (Lipinski definition) is 4. The highest BCUT2D eigenvalue weighted by Gasteiger charge is 2.28. The predicted octanol–water partition coefficient (Wildman–Crippen LogP) is -0.0256. The predicted molar refractivity (Wildman–Crippen MR) is 78.8 cm³/mol. The maximum Gasteiger partial charge on any atom is 0.251 e. The smallest absolute Gasteiger partial charge is 0.251 e. The Kier molecular flexibility index (Phi) is 6.33. The number of rotatable bonds is 7. The number of nitrogens with one attached hydrogen (secondary N) is 2. The van der Waals surface area contributed by atoms with Gasteiger partial charge < -0.3 is 20.8 Å². The van der Waals surface area contributed by atoms with Crippen LogP contribution in [0.2, 0.25) is 0 Å². The molecule has 0 spiro atoms. The van der Waals surface area contributed by atoms with Crippen molar-refractivity contribution in [1.29, 1.82) is 0 Å². The molecule has 0 unspecified atom stereocenters. The lowest BCUT2D eigenvalue weighted by Gasteiger charge is -2.29. The van der Waals surface area contributed by atoms with Gasteiger partial charge in [0.05, 0.1) is 25.3 Å².